The minimum atomic E-state index is -0.650. The van der Waals surface area contributed by atoms with E-state index >= 15 is 0 Å². The lowest BCUT2D eigenvalue weighted by atomic mass is 9.77. The summed E-state index contributed by atoms with van der Waals surface area (Å²) in [6.07, 6.45) is 3.52. The molecule has 0 aromatic heterocycles. The number of fused-ring (bicyclic) bond motifs is 1. The normalized spacial score (nSPS) is 33.4. The Bertz CT molecular complexity index is 699. The maximum Gasteiger partial charge on any atom is 0.313 e. The molecule has 4 atom stereocenters. The monoisotopic (exact) mass is 327 g/mol. The minimum absolute atomic E-state index is 0.00138. The quantitative estimate of drug-likeness (QED) is 0.626. The Hall–Kier alpha value is -2.14. The average molecular weight is 327 g/mol. The molecule has 0 radical (unpaired) electrons. The fraction of sp³-hybridized carbons (Fsp3) is 0.474. The third kappa shape index (κ3) is 2.18. The first-order valence-electron chi connectivity index (χ1n) is 8.40. The van der Waals surface area contributed by atoms with Crippen molar-refractivity contribution in [2.24, 2.45) is 11.8 Å². The number of likely N-dealkylation sites (tertiary alicyclic amines) is 1. The second-order valence-corrected chi connectivity index (χ2v) is 7.05. The lowest BCUT2D eigenvalue weighted by molar-refractivity contribution is -0.155. The van der Waals surface area contributed by atoms with E-state index in [4.69, 9.17) is 9.47 Å². The van der Waals surface area contributed by atoms with Crippen LogP contribution in [0.15, 0.2) is 42.5 Å². The lowest BCUT2D eigenvalue weighted by Gasteiger charge is -2.24. The third-order valence-corrected chi connectivity index (χ3v) is 5.25. The standard InChI is InChI=1S/C19H21NO4/c1-12(2)20-11-19-9-8-14(24-19)15(16(19)17(20)21)18(22)23-10-13-6-4-3-5-7-13/h3-9,12,14-16H,10-11H2,1-2H3/t14-,15+,16+,19-/m0/s1. The van der Waals surface area contributed by atoms with Gasteiger partial charge in [-0.1, -0.05) is 42.5 Å². The second-order valence-electron chi connectivity index (χ2n) is 7.05. The minimum Gasteiger partial charge on any atom is -0.460 e. The maximum absolute atomic E-state index is 12.8. The molecule has 0 unspecified atom stereocenters. The fourth-order valence-corrected chi connectivity index (χ4v) is 4.06. The Labute approximate surface area is 141 Å². The van der Waals surface area contributed by atoms with E-state index in [0.717, 1.165) is 5.56 Å². The van der Waals surface area contributed by atoms with Gasteiger partial charge in [0.05, 0.1) is 18.6 Å². The first kappa shape index (κ1) is 15.4. The summed E-state index contributed by atoms with van der Waals surface area (Å²) in [6, 6.07) is 9.64. The molecular formula is C19H21NO4. The highest BCUT2D eigenvalue weighted by atomic mass is 16.6. The molecule has 0 saturated carbocycles. The van der Waals surface area contributed by atoms with Crippen LogP contribution in [0, 0.1) is 11.8 Å². The molecule has 2 fully saturated rings. The lowest BCUT2D eigenvalue weighted by Crippen LogP contribution is -2.40. The molecule has 1 aromatic rings. The molecule has 24 heavy (non-hydrogen) atoms. The summed E-state index contributed by atoms with van der Waals surface area (Å²) in [7, 11) is 0. The molecule has 1 amide bonds. The van der Waals surface area contributed by atoms with Crippen LogP contribution < -0.4 is 0 Å². The highest BCUT2D eigenvalue weighted by Crippen LogP contribution is 2.52. The predicted molar refractivity (Wildman–Crippen MR) is 86.8 cm³/mol. The van der Waals surface area contributed by atoms with Crippen molar-refractivity contribution in [1.29, 1.82) is 0 Å². The Kier molecular flexibility index (Phi) is 3.49. The van der Waals surface area contributed by atoms with Gasteiger partial charge in [-0.25, -0.2) is 0 Å². The van der Waals surface area contributed by atoms with Crippen molar-refractivity contribution in [3.8, 4) is 0 Å². The Morgan fingerprint density at radius 2 is 2.12 bits per heavy atom. The second kappa shape index (κ2) is 5.45. The zero-order chi connectivity index (χ0) is 16.9. The van der Waals surface area contributed by atoms with Gasteiger partial charge in [0.1, 0.15) is 18.1 Å². The maximum atomic E-state index is 12.8. The van der Waals surface area contributed by atoms with E-state index in [1.54, 1.807) is 4.90 Å². The smallest absolute Gasteiger partial charge is 0.313 e. The van der Waals surface area contributed by atoms with E-state index in [0.29, 0.717) is 6.54 Å². The van der Waals surface area contributed by atoms with Crippen molar-refractivity contribution in [2.45, 2.75) is 38.2 Å². The summed E-state index contributed by atoms with van der Waals surface area (Å²) in [5.74, 6) is -1.36. The first-order valence-corrected chi connectivity index (χ1v) is 8.40. The van der Waals surface area contributed by atoms with Gasteiger partial charge < -0.3 is 14.4 Å². The molecule has 5 heteroatoms. The van der Waals surface area contributed by atoms with E-state index in [9.17, 15) is 9.59 Å². The number of hydrogen-bond donors (Lipinski definition) is 0. The Morgan fingerprint density at radius 1 is 1.38 bits per heavy atom. The topological polar surface area (TPSA) is 55.8 Å². The number of carbonyl (C=O) groups excluding carboxylic acids is 2. The summed E-state index contributed by atoms with van der Waals surface area (Å²) >= 11 is 0. The Morgan fingerprint density at radius 3 is 2.83 bits per heavy atom. The molecule has 1 spiro atoms. The van der Waals surface area contributed by atoms with Crippen molar-refractivity contribution < 1.29 is 19.1 Å². The Balaban J connectivity index is 1.52. The van der Waals surface area contributed by atoms with Crippen LogP contribution in [0.25, 0.3) is 0 Å². The van der Waals surface area contributed by atoms with Crippen molar-refractivity contribution in [1.82, 2.24) is 4.90 Å². The van der Waals surface area contributed by atoms with Crippen LogP contribution in [-0.2, 0) is 25.7 Å². The van der Waals surface area contributed by atoms with Crippen molar-refractivity contribution in [3.05, 3.63) is 48.0 Å². The van der Waals surface area contributed by atoms with Crippen LogP contribution in [0.3, 0.4) is 0 Å². The zero-order valence-corrected chi connectivity index (χ0v) is 13.8. The summed E-state index contributed by atoms with van der Waals surface area (Å²) in [5.41, 5.74) is 0.282. The molecule has 4 rings (SSSR count). The molecule has 3 heterocycles. The molecule has 126 valence electrons. The van der Waals surface area contributed by atoms with Gasteiger partial charge in [0, 0.05) is 6.04 Å². The molecular weight excluding hydrogens is 306 g/mol. The molecule has 1 aromatic carbocycles. The van der Waals surface area contributed by atoms with Crippen LogP contribution in [0.5, 0.6) is 0 Å². The number of rotatable bonds is 4. The van der Waals surface area contributed by atoms with E-state index in [1.807, 2.05) is 56.3 Å². The van der Waals surface area contributed by atoms with Crippen LogP contribution >= 0.6 is 0 Å². The molecule has 5 nitrogen and oxygen atoms in total. The SMILES string of the molecule is CC(C)N1C[C@]23C=C[C@H](O2)[C@@H](C(=O)OCc2ccccc2)[C@@H]3C1=O. The average Bonchev–Trinajstić information content (AvgIpc) is 3.22. The van der Waals surface area contributed by atoms with Crippen LogP contribution in [-0.4, -0.2) is 41.1 Å². The molecule has 0 aliphatic carbocycles. The number of ether oxygens (including phenoxy) is 2. The van der Waals surface area contributed by atoms with Gasteiger partial charge in [0.25, 0.3) is 0 Å². The summed E-state index contributed by atoms with van der Waals surface area (Å²) in [5, 5.41) is 0. The number of amides is 1. The van der Waals surface area contributed by atoms with Crippen molar-refractivity contribution in [3.63, 3.8) is 0 Å². The van der Waals surface area contributed by atoms with E-state index in [2.05, 4.69) is 0 Å². The van der Waals surface area contributed by atoms with Gasteiger partial charge >= 0.3 is 5.97 Å². The summed E-state index contributed by atoms with van der Waals surface area (Å²) in [6.45, 7) is 4.70. The van der Waals surface area contributed by atoms with E-state index < -0.39 is 17.4 Å². The summed E-state index contributed by atoms with van der Waals surface area (Å²) < 4.78 is 11.5. The van der Waals surface area contributed by atoms with Crippen LogP contribution in [0.1, 0.15) is 19.4 Å². The van der Waals surface area contributed by atoms with Gasteiger partial charge in [-0.05, 0) is 19.4 Å². The van der Waals surface area contributed by atoms with Gasteiger partial charge in [-0.3, -0.25) is 9.59 Å². The highest BCUT2D eigenvalue weighted by Gasteiger charge is 2.67. The van der Waals surface area contributed by atoms with Gasteiger partial charge in [-0.15, -0.1) is 0 Å². The van der Waals surface area contributed by atoms with E-state index in [-0.39, 0.29) is 30.6 Å². The van der Waals surface area contributed by atoms with Crippen LogP contribution in [0.4, 0.5) is 0 Å². The fourth-order valence-electron chi connectivity index (χ4n) is 4.06. The van der Waals surface area contributed by atoms with E-state index in [1.165, 1.54) is 0 Å². The van der Waals surface area contributed by atoms with Gasteiger partial charge in [-0.2, -0.15) is 0 Å². The predicted octanol–water partition coefficient (Wildman–Crippen LogP) is 1.92. The molecule has 0 N–H and O–H groups in total. The van der Waals surface area contributed by atoms with Gasteiger partial charge in [0.2, 0.25) is 5.91 Å². The van der Waals surface area contributed by atoms with Crippen molar-refractivity contribution in [2.75, 3.05) is 6.54 Å². The largest absolute Gasteiger partial charge is 0.460 e. The summed E-state index contributed by atoms with van der Waals surface area (Å²) in [4.78, 5) is 27.3. The number of benzene rings is 1. The number of hydrogen-bond acceptors (Lipinski definition) is 4. The zero-order valence-electron chi connectivity index (χ0n) is 13.8. The molecule has 3 aliphatic rings. The van der Waals surface area contributed by atoms with Crippen LogP contribution in [0.2, 0.25) is 0 Å². The number of nitrogens with zero attached hydrogens (tertiary/aromatic N) is 1. The third-order valence-electron chi connectivity index (χ3n) is 5.25. The van der Waals surface area contributed by atoms with Crippen molar-refractivity contribution >= 4 is 11.9 Å². The molecule has 2 saturated heterocycles. The first-order chi connectivity index (χ1) is 11.5. The number of carbonyl (C=O) groups is 2. The molecule has 2 bridgehead atoms. The highest BCUT2D eigenvalue weighted by molar-refractivity contribution is 5.91. The number of esters is 1. The molecule has 3 aliphatic heterocycles. The van der Waals surface area contributed by atoms with Gasteiger partial charge in [0.15, 0.2) is 0 Å².